The van der Waals surface area contributed by atoms with Crippen molar-refractivity contribution in [1.82, 2.24) is 10.3 Å². The number of nitrogens with one attached hydrogen (secondary N) is 1. The quantitative estimate of drug-likeness (QED) is 0.889. The maximum Gasteiger partial charge on any atom is 0.264 e. The molecule has 0 saturated carbocycles. The molecule has 1 aliphatic rings. The molecule has 0 aromatic carbocycles. The van der Waals surface area contributed by atoms with E-state index in [4.69, 9.17) is 10.5 Å². The number of carbonyl (C=O) groups is 1. The van der Waals surface area contributed by atoms with E-state index in [0.717, 1.165) is 16.6 Å². The molecule has 2 atom stereocenters. The molecule has 2 aromatic rings. The van der Waals surface area contributed by atoms with Crippen LogP contribution in [0.25, 0.3) is 10.2 Å². The Bertz CT molecular complexity index is 669. The maximum absolute atomic E-state index is 12.5. The van der Waals surface area contributed by atoms with Gasteiger partial charge in [0, 0.05) is 18.2 Å². The van der Waals surface area contributed by atoms with Crippen molar-refractivity contribution in [2.24, 2.45) is 0 Å². The highest BCUT2D eigenvalue weighted by Crippen LogP contribution is 2.33. The van der Waals surface area contributed by atoms with Crippen LogP contribution < -0.4 is 11.1 Å². The number of thiophene rings is 1. The summed E-state index contributed by atoms with van der Waals surface area (Å²) in [5.41, 5.74) is 6.24. The number of aromatic nitrogens is 1. The van der Waals surface area contributed by atoms with Gasteiger partial charge in [-0.2, -0.15) is 0 Å². The Kier molecular flexibility index (Phi) is 3.14. The van der Waals surface area contributed by atoms with Gasteiger partial charge >= 0.3 is 0 Å². The third-order valence-electron chi connectivity index (χ3n) is 4.00. The molecular weight excluding hydrogens is 274 g/mol. The van der Waals surface area contributed by atoms with Crippen LogP contribution in [0.2, 0.25) is 0 Å². The van der Waals surface area contributed by atoms with E-state index >= 15 is 0 Å². The smallest absolute Gasteiger partial charge is 0.264 e. The Morgan fingerprint density at radius 2 is 2.45 bits per heavy atom. The number of fused-ring (bicyclic) bond motifs is 1. The molecule has 20 heavy (non-hydrogen) atoms. The Morgan fingerprint density at radius 1 is 1.65 bits per heavy atom. The summed E-state index contributed by atoms with van der Waals surface area (Å²) in [5.74, 6) is -0.148. The van der Waals surface area contributed by atoms with E-state index in [1.807, 2.05) is 26.0 Å². The molecule has 1 amide bonds. The lowest BCUT2D eigenvalue weighted by atomic mass is 9.94. The number of hydrogen-bond acceptors (Lipinski definition) is 5. The number of anilines is 1. The van der Waals surface area contributed by atoms with Crippen molar-refractivity contribution >= 4 is 33.1 Å². The first kappa shape index (κ1) is 13.3. The minimum Gasteiger partial charge on any atom is -0.397 e. The number of nitrogen functional groups attached to an aromatic ring is 1. The first-order valence-electron chi connectivity index (χ1n) is 6.58. The molecule has 1 fully saturated rings. The second-order valence-electron chi connectivity index (χ2n) is 5.34. The first-order chi connectivity index (χ1) is 9.51. The van der Waals surface area contributed by atoms with Crippen molar-refractivity contribution in [3.05, 3.63) is 23.2 Å². The SMILES string of the molecule is CC1OCCC1(C)NC(=O)c1sc2ncccc2c1N. The molecule has 6 heteroatoms. The van der Waals surface area contributed by atoms with Gasteiger partial charge in [0.25, 0.3) is 5.91 Å². The van der Waals surface area contributed by atoms with E-state index < -0.39 is 0 Å². The van der Waals surface area contributed by atoms with Gasteiger partial charge in [-0.15, -0.1) is 11.3 Å². The highest BCUT2D eigenvalue weighted by molar-refractivity contribution is 7.21. The maximum atomic E-state index is 12.5. The van der Waals surface area contributed by atoms with E-state index in [0.29, 0.717) is 17.2 Å². The van der Waals surface area contributed by atoms with Crippen molar-refractivity contribution < 1.29 is 9.53 Å². The van der Waals surface area contributed by atoms with Crippen molar-refractivity contribution in [2.75, 3.05) is 12.3 Å². The van der Waals surface area contributed by atoms with E-state index in [1.54, 1.807) is 6.20 Å². The van der Waals surface area contributed by atoms with Gasteiger partial charge in [0.1, 0.15) is 9.71 Å². The van der Waals surface area contributed by atoms with Crippen LogP contribution in [0.3, 0.4) is 0 Å². The largest absolute Gasteiger partial charge is 0.397 e. The van der Waals surface area contributed by atoms with Crippen LogP contribution in [0.15, 0.2) is 18.3 Å². The molecule has 3 N–H and O–H groups in total. The highest BCUT2D eigenvalue weighted by atomic mass is 32.1. The number of nitrogens with zero attached hydrogens (tertiary/aromatic N) is 1. The molecule has 2 unspecified atom stereocenters. The van der Waals surface area contributed by atoms with Gasteiger partial charge < -0.3 is 15.8 Å². The molecule has 0 aliphatic carbocycles. The average molecular weight is 291 g/mol. The topological polar surface area (TPSA) is 77.2 Å². The van der Waals surface area contributed by atoms with Crippen LogP contribution in [0.5, 0.6) is 0 Å². The second kappa shape index (κ2) is 4.71. The number of ether oxygens (including phenoxy) is 1. The predicted molar refractivity (Wildman–Crippen MR) is 79.9 cm³/mol. The molecule has 0 radical (unpaired) electrons. The Morgan fingerprint density at radius 3 is 3.10 bits per heavy atom. The van der Waals surface area contributed by atoms with Gasteiger partial charge in [0.05, 0.1) is 17.3 Å². The van der Waals surface area contributed by atoms with Gasteiger partial charge in [-0.1, -0.05) is 0 Å². The van der Waals surface area contributed by atoms with E-state index in [2.05, 4.69) is 10.3 Å². The highest BCUT2D eigenvalue weighted by Gasteiger charge is 2.39. The lowest BCUT2D eigenvalue weighted by molar-refractivity contribution is 0.0731. The van der Waals surface area contributed by atoms with E-state index in [9.17, 15) is 4.79 Å². The average Bonchev–Trinajstić information content (AvgIpc) is 2.92. The van der Waals surface area contributed by atoms with Gasteiger partial charge in [-0.25, -0.2) is 4.98 Å². The summed E-state index contributed by atoms with van der Waals surface area (Å²) in [4.78, 5) is 18.0. The Hall–Kier alpha value is -1.66. The number of nitrogens with two attached hydrogens (primary N) is 1. The molecule has 1 saturated heterocycles. The summed E-state index contributed by atoms with van der Waals surface area (Å²) in [6.07, 6.45) is 2.51. The third-order valence-corrected chi connectivity index (χ3v) is 5.12. The molecule has 3 heterocycles. The third kappa shape index (κ3) is 2.05. The fourth-order valence-electron chi connectivity index (χ4n) is 2.43. The molecule has 106 valence electrons. The van der Waals surface area contributed by atoms with E-state index in [-0.39, 0.29) is 17.6 Å². The summed E-state index contributed by atoms with van der Waals surface area (Å²) in [7, 11) is 0. The van der Waals surface area contributed by atoms with Crippen molar-refractivity contribution in [1.29, 1.82) is 0 Å². The number of rotatable bonds is 2. The lowest BCUT2D eigenvalue weighted by Crippen LogP contribution is -2.50. The van der Waals surface area contributed by atoms with Gasteiger partial charge in [0.2, 0.25) is 0 Å². The van der Waals surface area contributed by atoms with Crippen LogP contribution in [-0.4, -0.2) is 29.1 Å². The Labute approximate surface area is 121 Å². The first-order valence-corrected chi connectivity index (χ1v) is 7.40. The fraction of sp³-hybridized carbons (Fsp3) is 0.429. The summed E-state index contributed by atoms with van der Waals surface area (Å²) in [6.45, 7) is 4.65. The number of pyridine rings is 1. The molecule has 1 aliphatic heterocycles. The van der Waals surface area contributed by atoms with E-state index in [1.165, 1.54) is 11.3 Å². The molecule has 0 bridgehead atoms. The van der Waals surface area contributed by atoms with Crippen molar-refractivity contribution in [3.63, 3.8) is 0 Å². The van der Waals surface area contributed by atoms with Crippen molar-refractivity contribution in [2.45, 2.75) is 31.9 Å². The molecule has 0 spiro atoms. The second-order valence-corrected chi connectivity index (χ2v) is 6.33. The molecule has 2 aromatic heterocycles. The Balaban J connectivity index is 1.91. The number of hydrogen-bond donors (Lipinski definition) is 2. The minimum atomic E-state index is -0.340. The minimum absolute atomic E-state index is 0.000165. The molecule has 5 nitrogen and oxygen atoms in total. The summed E-state index contributed by atoms with van der Waals surface area (Å²) in [5, 5.41) is 3.90. The van der Waals surface area contributed by atoms with Crippen LogP contribution in [-0.2, 0) is 4.74 Å². The summed E-state index contributed by atoms with van der Waals surface area (Å²) in [6, 6.07) is 3.70. The zero-order valence-corrected chi connectivity index (χ0v) is 12.3. The van der Waals surface area contributed by atoms with Gasteiger partial charge in [-0.05, 0) is 32.4 Å². The number of carbonyl (C=O) groups excluding carboxylic acids is 1. The fourth-order valence-corrected chi connectivity index (χ4v) is 3.39. The van der Waals surface area contributed by atoms with Crippen LogP contribution in [0.1, 0.15) is 29.9 Å². The lowest BCUT2D eigenvalue weighted by Gasteiger charge is -2.28. The number of amides is 1. The van der Waals surface area contributed by atoms with Crippen molar-refractivity contribution in [3.8, 4) is 0 Å². The zero-order chi connectivity index (χ0) is 14.3. The summed E-state index contributed by atoms with van der Waals surface area (Å²) >= 11 is 1.33. The summed E-state index contributed by atoms with van der Waals surface area (Å²) < 4.78 is 5.54. The zero-order valence-electron chi connectivity index (χ0n) is 11.5. The van der Waals surface area contributed by atoms with Gasteiger partial charge in [0.15, 0.2) is 0 Å². The molecular formula is C14H17N3O2S. The molecule has 3 rings (SSSR count). The van der Waals surface area contributed by atoms with Crippen LogP contribution in [0, 0.1) is 0 Å². The van der Waals surface area contributed by atoms with Crippen LogP contribution >= 0.6 is 11.3 Å². The van der Waals surface area contributed by atoms with Crippen LogP contribution in [0.4, 0.5) is 5.69 Å². The standard InChI is InChI=1S/C14H17N3O2S/c1-8-14(2,5-7-19-8)17-12(18)11-10(15)9-4-3-6-16-13(9)20-11/h3-4,6,8H,5,7,15H2,1-2H3,(H,17,18). The van der Waals surface area contributed by atoms with Gasteiger partial charge in [-0.3, -0.25) is 4.79 Å². The normalized spacial score (nSPS) is 26.0. The monoisotopic (exact) mass is 291 g/mol. The predicted octanol–water partition coefficient (Wildman–Crippen LogP) is 2.18.